The number of rotatable bonds is 7. The largest absolute Gasteiger partial charge is 0.314 e. The summed E-state index contributed by atoms with van der Waals surface area (Å²) in [5.41, 5.74) is 0.991. The lowest BCUT2D eigenvalue weighted by Gasteiger charge is -2.05. The van der Waals surface area contributed by atoms with Gasteiger partial charge in [-0.25, -0.2) is 0 Å². The Labute approximate surface area is 107 Å². The molecule has 98 valence electrons. The second-order valence-electron chi connectivity index (χ2n) is 4.35. The molecule has 5 heteroatoms. The van der Waals surface area contributed by atoms with Crippen LogP contribution in [0.15, 0.2) is 29.3 Å². The SMILES string of the molecule is CC(C)NCCCN=Cc1ccc([N+](=O)[O-])cc1. The Kier molecular flexibility index (Phi) is 6.00. The van der Waals surface area contributed by atoms with Gasteiger partial charge in [0, 0.05) is 30.9 Å². The first-order valence-corrected chi connectivity index (χ1v) is 6.07. The molecule has 18 heavy (non-hydrogen) atoms. The number of non-ortho nitro benzene ring substituents is 1. The van der Waals surface area contributed by atoms with Crippen molar-refractivity contribution in [3.63, 3.8) is 0 Å². The summed E-state index contributed by atoms with van der Waals surface area (Å²) in [6, 6.07) is 6.88. The van der Waals surface area contributed by atoms with Crippen molar-refractivity contribution in [3.05, 3.63) is 39.9 Å². The molecular formula is C13H19N3O2. The standard InChI is InChI=1S/C13H19N3O2/c1-11(2)15-9-3-8-14-10-12-4-6-13(7-5-12)16(17)18/h4-7,10-11,15H,3,8-9H2,1-2H3. The summed E-state index contributed by atoms with van der Waals surface area (Å²) >= 11 is 0. The molecule has 0 heterocycles. The zero-order valence-electron chi connectivity index (χ0n) is 10.8. The predicted molar refractivity (Wildman–Crippen MR) is 73.3 cm³/mol. The van der Waals surface area contributed by atoms with Crippen LogP contribution in [0.4, 0.5) is 5.69 Å². The maximum Gasteiger partial charge on any atom is 0.269 e. The van der Waals surface area contributed by atoms with E-state index in [4.69, 9.17) is 0 Å². The van der Waals surface area contributed by atoms with Crippen LogP contribution in [-0.4, -0.2) is 30.3 Å². The summed E-state index contributed by atoms with van der Waals surface area (Å²) in [5, 5.41) is 13.8. The molecule has 0 aliphatic rings. The van der Waals surface area contributed by atoms with E-state index in [9.17, 15) is 10.1 Å². The first kappa shape index (κ1) is 14.3. The third-order valence-corrected chi connectivity index (χ3v) is 2.36. The fourth-order valence-electron chi connectivity index (χ4n) is 1.41. The minimum absolute atomic E-state index is 0.105. The van der Waals surface area contributed by atoms with Crippen molar-refractivity contribution < 1.29 is 4.92 Å². The van der Waals surface area contributed by atoms with E-state index in [2.05, 4.69) is 24.2 Å². The molecule has 5 nitrogen and oxygen atoms in total. The van der Waals surface area contributed by atoms with E-state index in [-0.39, 0.29) is 5.69 Å². The van der Waals surface area contributed by atoms with Crippen LogP contribution >= 0.6 is 0 Å². The third kappa shape index (κ3) is 5.54. The van der Waals surface area contributed by atoms with Crippen molar-refractivity contribution in [2.45, 2.75) is 26.3 Å². The molecule has 0 aliphatic carbocycles. The van der Waals surface area contributed by atoms with E-state index in [1.807, 2.05) is 0 Å². The molecule has 1 N–H and O–H groups in total. The molecule has 0 saturated carbocycles. The second-order valence-corrected chi connectivity index (χ2v) is 4.35. The average Bonchev–Trinajstić information content (AvgIpc) is 2.34. The topological polar surface area (TPSA) is 67.5 Å². The van der Waals surface area contributed by atoms with Crippen LogP contribution in [0.25, 0.3) is 0 Å². The molecule has 0 amide bonds. The monoisotopic (exact) mass is 249 g/mol. The molecular weight excluding hydrogens is 230 g/mol. The van der Waals surface area contributed by atoms with Crippen molar-refractivity contribution in [1.82, 2.24) is 5.32 Å². The highest BCUT2D eigenvalue weighted by Gasteiger charge is 2.02. The van der Waals surface area contributed by atoms with E-state index in [0.717, 1.165) is 25.1 Å². The average molecular weight is 249 g/mol. The Morgan fingerprint density at radius 1 is 1.39 bits per heavy atom. The van der Waals surface area contributed by atoms with E-state index >= 15 is 0 Å². The Hall–Kier alpha value is -1.75. The molecule has 0 saturated heterocycles. The van der Waals surface area contributed by atoms with E-state index in [1.165, 1.54) is 12.1 Å². The van der Waals surface area contributed by atoms with Gasteiger partial charge in [-0.1, -0.05) is 13.8 Å². The smallest absolute Gasteiger partial charge is 0.269 e. The van der Waals surface area contributed by atoms with Gasteiger partial charge in [0.1, 0.15) is 0 Å². The molecule has 0 aromatic heterocycles. The lowest BCUT2D eigenvalue weighted by molar-refractivity contribution is -0.384. The van der Waals surface area contributed by atoms with Crippen LogP contribution in [0, 0.1) is 10.1 Å². The normalized spacial score (nSPS) is 11.3. The van der Waals surface area contributed by atoms with Crippen molar-refractivity contribution in [1.29, 1.82) is 0 Å². The van der Waals surface area contributed by atoms with Gasteiger partial charge in [-0.15, -0.1) is 0 Å². The lowest BCUT2D eigenvalue weighted by Crippen LogP contribution is -2.24. The van der Waals surface area contributed by atoms with Gasteiger partial charge in [0.15, 0.2) is 0 Å². The van der Waals surface area contributed by atoms with Gasteiger partial charge in [0.25, 0.3) is 5.69 Å². The number of hydrogen-bond donors (Lipinski definition) is 1. The first-order valence-electron chi connectivity index (χ1n) is 6.07. The van der Waals surface area contributed by atoms with Crippen molar-refractivity contribution >= 4 is 11.9 Å². The molecule has 0 aliphatic heterocycles. The number of benzene rings is 1. The van der Waals surface area contributed by atoms with Crippen molar-refractivity contribution in [3.8, 4) is 0 Å². The summed E-state index contributed by atoms with van der Waals surface area (Å²) in [6.45, 7) is 5.94. The van der Waals surface area contributed by atoms with Gasteiger partial charge >= 0.3 is 0 Å². The number of nitrogens with zero attached hydrogens (tertiary/aromatic N) is 2. The van der Waals surface area contributed by atoms with Gasteiger partial charge in [0.2, 0.25) is 0 Å². The minimum atomic E-state index is -0.404. The number of nitrogens with one attached hydrogen (secondary N) is 1. The highest BCUT2D eigenvalue weighted by Crippen LogP contribution is 2.10. The van der Waals surface area contributed by atoms with E-state index in [1.54, 1.807) is 18.3 Å². The van der Waals surface area contributed by atoms with Gasteiger partial charge in [0.05, 0.1) is 4.92 Å². The van der Waals surface area contributed by atoms with Crippen molar-refractivity contribution in [2.24, 2.45) is 4.99 Å². The highest BCUT2D eigenvalue weighted by molar-refractivity contribution is 5.79. The van der Waals surface area contributed by atoms with Gasteiger partial charge in [-0.2, -0.15) is 0 Å². The fraction of sp³-hybridized carbons (Fsp3) is 0.462. The molecule has 0 bridgehead atoms. The predicted octanol–water partition coefficient (Wildman–Crippen LogP) is 2.40. The molecule has 1 aromatic carbocycles. The van der Waals surface area contributed by atoms with Crippen molar-refractivity contribution in [2.75, 3.05) is 13.1 Å². The molecule has 0 spiro atoms. The maximum absolute atomic E-state index is 10.5. The van der Waals surface area contributed by atoms with E-state index in [0.29, 0.717) is 6.04 Å². The van der Waals surface area contributed by atoms with Crippen LogP contribution in [0.1, 0.15) is 25.8 Å². The maximum atomic E-state index is 10.5. The number of hydrogen-bond acceptors (Lipinski definition) is 4. The molecule has 1 aromatic rings. The quantitative estimate of drug-likeness (QED) is 0.349. The first-order chi connectivity index (χ1) is 8.59. The molecule has 0 radical (unpaired) electrons. The zero-order chi connectivity index (χ0) is 13.4. The fourth-order valence-corrected chi connectivity index (χ4v) is 1.41. The van der Waals surface area contributed by atoms with Crippen LogP contribution < -0.4 is 5.32 Å². The summed E-state index contributed by atoms with van der Waals surface area (Å²) in [7, 11) is 0. The molecule has 1 rings (SSSR count). The second kappa shape index (κ2) is 7.55. The van der Waals surface area contributed by atoms with Crippen LogP contribution in [0.5, 0.6) is 0 Å². The summed E-state index contributed by atoms with van der Waals surface area (Å²) in [5.74, 6) is 0. The van der Waals surface area contributed by atoms with Crippen LogP contribution in [-0.2, 0) is 0 Å². The summed E-state index contributed by atoms with van der Waals surface area (Å²) < 4.78 is 0. The van der Waals surface area contributed by atoms with Gasteiger partial charge < -0.3 is 5.32 Å². The van der Waals surface area contributed by atoms with Gasteiger partial charge in [-0.3, -0.25) is 15.1 Å². The highest BCUT2D eigenvalue weighted by atomic mass is 16.6. The van der Waals surface area contributed by atoms with Gasteiger partial charge in [-0.05, 0) is 30.7 Å². The Bertz CT molecular complexity index is 399. The minimum Gasteiger partial charge on any atom is -0.314 e. The molecule has 0 atom stereocenters. The number of aliphatic imine (C=N–C) groups is 1. The van der Waals surface area contributed by atoms with Crippen LogP contribution in [0.2, 0.25) is 0 Å². The molecule has 0 unspecified atom stereocenters. The van der Waals surface area contributed by atoms with Crippen LogP contribution in [0.3, 0.4) is 0 Å². The molecule has 0 fully saturated rings. The lowest BCUT2D eigenvalue weighted by atomic mass is 10.2. The Morgan fingerprint density at radius 2 is 2.06 bits per heavy atom. The Morgan fingerprint density at radius 3 is 2.61 bits per heavy atom. The summed E-state index contributed by atoms with van der Waals surface area (Å²) in [4.78, 5) is 14.3. The number of nitro benzene ring substituents is 1. The Balaban J connectivity index is 2.31. The summed E-state index contributed by atoms with van der Waals surface area (Å²) in [6.07, 6.45) is 2.74. The van der Waals surface area contributed by atoms with E-state index < -0.39 is 4.92 Å². The third-order valence-electron chi connectivity index (χ3n) is 2.36. The zero-order valence-corrected chi connectivity index (χ0v) is 10.8. The number of nitro groups is 1.